The van der Waals surface area contributed by atoms with Crippen LogP contribution in [0.4, 0.5) is 10.1 Å². The highest BCUT2D eigenvalue weighted by Gasteiger charge is 2.12. The van der Waals surface area contributed by atoms with Gasteiger partial charge in [0, 0.05) is 18.7 Å². The number of rotatable bonds is 10. The van der Waals surface area contributed by atoms with Gasteiger partial charge in [-0.2, -0.15) is 8.42 Å². The maximum Gasteiger partial charge on any atom is 0.306 e. The number of hydrogen-bond donors (Lipinski definition) is 1. The molecule has 0 saturated carbocycles. The van der Waals surface area contributed by atoms with Crippen molar-refractivity contribution < 1.29 is 26.5 Å². The molecule has 0 atom stereocenters. The highest BCUT2D eigenvalue weighted by molar-refractivity contribution is 7.86. The molecule has 0 unspecified atom stereocenters. The van der Waals surface area contributed by atoms with E-state index in [0.717, 1.165) is 34.1 Å². The van der Waals surface area contributed by atoms with E-state index in [1.165, 1.54) is 6.07 Å². The van der Waals surface area contributed by atoms with Gasteiger partial charge in [0.1, 0.15) is 11.6 Å². The van der Waals surface area contributed by atoms with Gasteiger partial charge in [-0.3, -0.25) is 4.79 Å². The Morgan fingerprint density at radius 1 is 1.03 bits per heavy atom. The van der Waals surface area contributed by atoms with Crippen LogP contribution in [0.3, 0.4) is 0 Å². The van der Waals surface area contributed by atoms with Gasteiger partial charge in [0.15, 0.2) is 0 Å². The van der Waals surface area contributed by atoms with Crippen LogP contribution < -0.4 is 9.50 Å². The van der Waals surface area contributed by atoms with Crippen molar-refractivity contribution in [1.82, 2.24) is 0 Å². The third-order valence-corrected chi connectivity index (χ3v) is 5.92. The van der Waals surface area contributed by atoms with E-state index < -0.39 is 10.1 Å². The Bertz CT molecular complexity index is 1300. The number of hydrogen-bond acceptors (Lipinski definition) is 6. The smallest absolute Gasteiger partial charge is 0.306 e. The number of ether oxygens (including phenoxy) is 1. The molecule has 0 spiro atoms. The van der Waals surface area contributed by atoms with E-state index in [1.807, 2.05) is 38.1 Å². The largest absolute Gasteiger partial charge is 0.466 e. The minimum atomic E-state index is -3.60. The van der Waals surface area contributed by atoms with Crippen LogP contribution in [0.5, 0.6) is 5.75 Å². The van der Waals surface area contributed by atoms with Crippen molar-refractivity contribution in [3.63, 3.8) is 0 Å². The number of halogens is 1. The fourth-order valence-electron chi connectivity index (χ4n) is 3.97. The van der Waals surface area contributed by atoms with Crippen LogP contribution >= 0.6 is 0 Å². The minimum absolute atomic E-state index is 0.143. The van der Waals surface area contributed by atoms with Gasteiger partial charge in [-0.1, -0.05) is 24.3 Å². The van der Waals surface area contributed by atoms with Crippen molar-refractivity contribution >= 4 is 21.8 Å². The average Bonchev–Trinajstić information content (AvgIpc) is 2.76. The first-order valence-corrected chi connectivity index (χ1v) is 13.2. The Morgan fingerprint density at radius 2 is 1.74 bits per heavy atom. The monoisotopic (exact) mass is 499 g/mol. The quantitative estimate of drug-likeness (QED) is 0.291. The Morgan fingerprint density at radius 3 is 2.37 bits per heavy atom. The second-order valence-corrected chi connectivity index (χ2v) is 9.96. The van der Waals surface area contributed by atoms with Crippen molar-refractivity contribution in [2.45, 2.75) is 40.2 Å². The number of aryl methyl sites for hydroxylation is 3. The molecule has 35 heavy (non-hydrogen) atoms. The Labute approximate surface area is 206 Å². The van der Waals surface area contributed by atoms with Crippen LogP contribution in [-0.2, 0) is 32.6 Å². The molecule has 0 radical (unpaired) electrons. The molecule has 0 bridgehead atoms. The number of carbonyl (C=O) groups excluding carboxylic acids is 1. The Kier molecular flexibility index (Phi) is 8.51. The van der Waals surface area contributed by atoms with E-state index in [4.69, 9.17) is 8.92 Å². The van der Waals surface area contributed by atoms with Crippen LogP contribution in [0, 0.1) is 19.7 Å². The lowest BCUT2D eigenvalue weighted by Gasteiger charge is -2.14. The first-order valence-electron chi connectivity index (χ1n) is 11.3. The first-order chi connectivity index (χ1) is 16.6. The topological polar surface area (TPSA) is 81.7 Å². The lowest BCUT2D eigenvalue weighted by molar-refractivity contribution is -0.143. The summed E-state index contributed by atoms with van der Waals surface area (Å²) in [4.78, 5) is 11.5. The zero-order valence-electron chi connectivity index (χ0n) is 20.4. The maximum absolute atomic E-state index is 14.5. The molecule has 0 saturated heterocycles. The van der Waals surface area contributed by atoms with E-state index >= 15 is 0 Å². The highest BCUT2D eigenvalue weighted by Crippen LogP contribution is 2.32. The van der Waals surface area contributed by atoms with Crippen LogP contribution in [0.15, 0.2) is 54.6 Å². The predicted molar refractivity (Wildman–Crippen MR) is 136 cm³/mol. The predicted octanol–water partition coefficient (Wildman–Crippen LogP) is 5.56. The van der Waals surface area contributed by atoms with Crippen LogP contribution in [0.1, 0.15) is 35.6 Å². The van der Waals surface area contributed by atoms with Gasteiger partial charge in [-0.25, -0.2) is 4.39 Å². The van der Waals surface area contributed by atoms with Gasteiger partial charge < -0.3 is 14.2 Å². The lowest BCUT2D eigenvalue weighted by Crippen LogP contribution is -2.06. The van der Waals surface area contributed by atoms with Gasteiger partial charge >= 0.3 is 16.1 Å². The van der Waals surface area contributed by atoms with Gasteiger partial charge in [-0.05, 0) is 90.9 Å². The molecule has 6 nitrogen and oxygen atoms in total. The molecule has 0 aliphatic carbocycles. The molecule has 3 aromatic carbocycles. The van der Waals surface area contributed by atoms with E-state index in [2.05, 4.69) is 5.32 Å². The zero-order valence-corrected chi connectivity index (χ0v) is 21.2. The molecule has 1 N–H and O–H groups in total. The molecule has 0 aromatic heterocycles. The summed E-state index contributed by atoms with van der Waals surface area (Å²) >= 11 is 0. The number of esters is 1. The standard InChI is InChI=1S/C27H30FNO5S/c1-5-33-26(30)12-10-21-9-11-23(16-25(21)28)29-17-20-7-6-8-22(15-20)27-18(2)13-24(14-19(27)3)34-35(4,31)32/h6-9,11,13-16,29H,5,10,12,17H2,1-4H3. The first kappa shape index (κ1) is 26.2. The second-order valence-electron chi connectivity index (χ2n) is 8.38. The number of anilines is 1. The lowest BCUT2D eigenvalue weighted by atomic mass is 9.94. The molecule has 186 valence electrons. The summed E-state index contributed by atoms with van der Waals surface area (Å²) in [6.07, 6.45) is 1.45. The van der Waals surface area contributed by atoms with Gasteiger partial charge in [0.05, 0.1) is 12.9 Å². The van der Waals surface area contributed by atoms with E-state index in [0.29, 0.717) is 30.8 Å². The van der Waals surface area contributed by atoms with Gasteiger partial charge in [0.25, 0.3) is 0 Å². The van der Waals surface area contributed by atoms with Crippen molar-refractivity contribution in [3.8, 4) is 16.9 Å². The van der Waals surface area contributed by atoms with Crippen molar-refractivity contribution in [2.24, 2.45) is 0 Å². The zero-order chi connectivity index (χ0) is 25.6. The summed E-state index contributed by atoms with van der Waals surface area (Å²) < 4.78 is 47.3. The molecule has 0 aliphatic rings. The molecule has 0 heterocycles. The molecule has 0 aliphatic heterocycles. The average molecular weight is 500 g/mol. The highest BCUT2D eigenvalue weighted by atomic mass is 32.2. The molecule has 0 fully saturated rings. The van der Waals surface area contributed by atoms with E-state index in [9.17, 15) is 17.6 Å². The molecular weight excluding hydrogens is 469 g/mol. The Hall–Kier alpha value is -3.39. The fraction of sp³-hybridized carbons (Fsp3) is 0.296. The number of benzene rings is 3. The van der Waals surface area contributed by atoms with Crippen molar-refractivity contribution in [1.29, 1.82) is 0 Å². The van der Waals surface area contributed by atoms with Crippen LogP contribution in [-0.4, -0.2) is 27.2 Å². The maximum atomic E-state index is 14.5. The summed E-state index contributed by atoms with van der Waals surface area (Å²) in [6.45, 7) is 6.36. The summed E-state index contributed by atoms with van der Waals surface area (Å²) in [5.41, 5.74) is 5.91. The molecular formula is C27H30FNO5S. The third-order valence-electron chi connectivity index (χ3n) is 5.42. The summed E-state index contributed by atoms with van der Waals surface area (Å²) in [5.74, 6) is -0.412. The molecule has 3 rings (SSSR count). The fourth-order valence-corrected chi connectivity index (χ4v) is 4.42. The summed E-state index contributed by atoms with van der Waals surface area (Å²) in [7, 11) is -3.60. The van der Waals surface area contributed by atoms with Crippen LogP contribution in [0.2, 0.25) is 0 Å². The van der Waals surface area contributed by atoms with Crippen molar-refractivity contribution in [2.75, 3.05) is 18.2 Å². The number of nitrogens with one attached hydrogen (secondary N) is 1. The molecule has 3 aromatic rings. The summed E-state index contributed by atoms with van der Waals surface area (Å²) in [5, 5.41) is 3.24. The Balaban J connectivity index is 1.70. The van der Waals surface area contributed by atoms with Crippen molar-refractivity contribution in [3.05, 3.63) is 82.7 Å². The summed E-state index contributed by atoms with van der Waals surface area (Å²) in [6, 6.07) is 16.3. The molecule has 0 amide bonds. The minimum Gasteiger partial charge on any atom is -0.466 e. The van der Waals surface area contributed by atoms with E-state index in [1.54, 1.807) is 31.2 Å². The normalized spacial score (nSPS) is 11.2. The third kappa shape index (κ3) is 7.55. The van der Waals surface area contributed by atoms with Crippen LogP contribution in [0.25, 0.3) is 11.1 Å². The second kappa shape index (κ2) is 11.4. The number of carbonyl (C=O) groups is 1. The van der Waals surface area contributed by atoms with Gasteiger partial charge in [-0.15, -0.1) is 0 Å². The SMILES string of the molecule is CCOC(=O)CCc1ccc(NCc2cccc(-c3c(C)cc(OS(C)(=O)=O)cc3C)c2)cc1F. The van der Waals surface area contributed by atoms with Gasteiger partial charge in [0.2, 0.25) is 0 Å². The molecule has 8 heteroatoms. The van der Waals surface area contributed by atoms with E-state index in [-0.39, 0.29) is 24.0 Å².